The third-order valence-corrected chi connectivity index (χ3v) is 5.02. The zero-order chi connectivity index (χ0) is 20.5. The lowest BCUT2D eigenvalue weighted by atomic mass is 9.99. The summed E-state index contributed by atoms with van der Waals surface area (Å²) in [5.41, 5.74) is 2.87. The molecule has 0 radical (unpaired) electrons. The van der Waals surface area contributed by atoms with Crippen molar-refractivity contribution in [2.24, 2.45) is 0 Å². The number of aromatic nitrogens is 2. The zero-order valence-corrected chi connectivity index (χ0v) is 16.2. The molecule has 0 aliphatic heterocycles. The van der Waals surface area contributed by atoms with Crippen LogP contribution in [0.4, 0.5) is 8.78 Å². The van der Waals surface area contributed by atoms with Crippen LogP contribution in [0, 0.1) is 11.6 Å². The summed E-state index contributed by atoms with van der Waals surface area (Å²) in [6.45, 7) is 4.26. The Balaban J connectivity index is 1.92. The van der Waals surface area contributed by atoms with Crippen LogP contribution in [-0.4, -0.2) is 9.78 Å². The lowest BCUT2D eigenvalue weighted by Crippen LogP contribution is -2.17. The molecular weight excluding hydrogens is 370 g/mol. The van der Waals surface area contributed by atoms with Gasteiger partial charge in [0, 0.05) is 22.6 Å². The quantitative estimate of drug-likeness (QED) is 0.460. The largest absolute Gasteiger partial charge is 0.287 e. The van der Waals surface area contributed by atoms with Gasteiger partial charge in [-0.25, -0.2) is 8.78 Å². The van der Waals surface area contributed by atoms with Gasteiger partial charge in [-0.3, -0.25) is 9.48 Å². The molecule has 0 atom stereocenters. The fraction of sp³-hybridized carbons (Fsp3) is 0.167. The number of halogens is 2. The molecule has 0 N–H and O–H groups in total. The summed E-state index contributed by atoms with van der Waals surface area (Å²) in [4.78, 5) is 13.1. The third-order valence-electron chi connectivity index (χ3n) is 5.02. The van der Waals surface area contributed by atoms with Crippen molar-refractivity contribution in [3.05, 3.63) is 99.7 Å². The molecule has 0 unspecified atom stereocenters. The molecule has 1 heterocycles. The van der Waals surface area contributed by atoms with E-state index >= 15 is 0 Å². The first kappa shape index (κ1) is 19.0. The Morgan fingerprint density at radius 3 is 2.52 bits per heavy atom. The number of para-hydroxylation sites is 1. The second-order valence-corrected chi connectivity index (χ2v) is 7.37. The van der Waals surface area contributed by atoms with Crippen LogP contribution < -0.4 is 5.43 Å². The standard InChI is InChI=1S/C24H20F2N2O/c1-15(2)16-6-5-7-17(12-16)23-24(29)20-8-3-4-9-22(20)28(27-23)14-18-10-11-19(25)13-21(18)26/h3-13,15H,14H2,1-2H3. The highest BCUT2D eigenvalue weighted by Crippen LogP contribution is 2.23. The van der Waals surface area contributed by atoms with E-state index in [2.05, 4.69) is 18.9 Å². The van der Waals surface area contributed by atoms with Crippen molar-refractivity contribution in [1.29, 1.82) is 0 Å². The minimum Gasteiger partial charge on any atom is -0.287 e. The molecule has 4 rings (SSSR count). The van der Waals surface area contributed by atoms with E-state index in [-0.39, 0.29) is 12.0 Å². The summed E-state index contributed by atoms with van der Waals surface area (Å²) in [7, 11) is 0. The van der Waals surface area contributed by atoms with Gasteiger partial charge in [0.15, 0.2) is 0 Å². The van der Waals surface area contributed by atoms with Crippen LogP contribution in [0.25, 0.3) is 22.2 Å². The maximum atomic E-state index is 14.2. The smallest absolute Gasteiger partial charge is 0.215 e. The number of benzene rings is 3. The number of hydrogen-bond acceptors (Lipinski definition) is 2. The first-order valence-electron chi connectivity index (χ1n) is 9.48. The van der Waals surface area contributed by atoms with Crippen LogP contribution in [0.1, 0.15) is 30.9 Å². The summed E-state index contributed by atoms with van der Waals surface area (Å²) < 4.78 is 29.1. The molecule has 0 aliphatic rings. The predicted molar refractivity (Wildman–Crippen MR) is 111 cm³/mol. The van der Waals surface area contributed by atoms with Gasteiger partial charge in [0.25, 0.3) is 0 Å². The van der Waals surface area contributed by atoms with Gasteiger partial charge in [-0.2, -0.15) is 5.10 Å². The summed E-state index contributed by atoms with van der Waals surface area (Å²) >= 11 is 0. The number of hydrogen-bond donors (Lipinski definition) is 0. The van der Waals surface area contributed by atoms with Crippen molar-refractivity contribution in [2.45, 2.75) is 26.3 Å². The van der Waals surface area contributed by atoms with E-state index in [9.17, 15) is 13.6 Å². The van der Waals surface area contributed by atoms with E-state index < -0.39 is 11.6 Å². The average Bonchev–Trinajstić information content (AvgIpc) is 2.72. The Labute approximate surface area is 167 Å². The van der Waals surface area contributed by atoms with E-state index in [1.807, 2.05) is 24.3 Å². The van der Waals surface area contributed by atoms with Crippen LogP contribution in [0.5, 0.6) is 0 Å². The van der Waals surface area contributed by atoms with Gasteiger partial charge in [-0.1, -0.05) is 50.2 Å². The van der Waals surface area contributed by atoms with Gasteiger partial charge >= 0.3 is 0 Å². The lowest BCUT2D eigenvalue weighted by molar-refractivity contribution is 0.560. The molecule has 0 amide bonds. The first-order chi connectivity index (χ1) is 13.9. The molecule has 0 fully saturated rings. The molecule has 0 saturated carbocycles. The highest BCUT2D eigenvalue weighted by atomic mass is 19.1. The van der Waals surface area contributed by atoms with Crippen molar-refractivity contribution < 1.29 is 8.78 Å². The Morgan fingerprint density at radius 1 is 0.966 bits per heavy atom. The van der Waals surface area contributed by atoms with E-state index in [1.54, 1.807) is 28.9 Å². The SMILES string of the molecule is CC(C)c1cccc(-c2nn(Cc3ccc(F)cc3F)c3ccccc3c2=O)c1. The van der Waals surface area contributed by atoms with E-state index in [4.69, 9.17) is 0 Å². The molecule has 3 nitrogen and oxygen atoms in total. The lowest BCUT2D eigenvalue weighted by Gasteiger charge is -2.14. The van der Waals surface area contributed by atoms with Gasteiger partial charge in [0.05, 0.1) is 12.1 Å². The Hall–Kier alpha value is -3.34. The topological polar surface area (TPSA) is 34.9 Å². The van der Waals surface area contributed by atoms with E-state index in [0.717, 1.165) is 17.2 Å². The number of fused-ring (bicyclic) bond motifs is 1. The zero-order valence-electron chi connectivity index (χ0n) is 16.2. The Morgan fingerprint density at radius 2 is 1.76 bits per heavy atom. The monoisotopic (exact) mass is 390 g/mol. The summed E-state index contributed by atoms with van der Waals surface area (Å²) in [5.74, 6) is -0.959. The predicted octanol–water partition coefficient (Wildman–Crippen LogP) is 5.51. The van der Waals surface area contributed by atoms with Crippen LogP contribution in [0.15, 0.2) is 71.5 Å². The van der Waals surface area contributed by atoms with Crippen LogP contribution in [0.2, 0.25) is 0 Å². The van der Waals surface area contributed by atoms with Gasteiger partial charge < -0.3 is 0 Å². The highest BCUT2D eigenvalue weighted by Gasteiger charge is 2.15. The van der Waals surface area contributed by atoms with Gasteiger partial charge in [-0.05, 0) is 35.7 Å². The molecule has 1 aromatic heterocycles. The first-order valence-corrected chi connectivity index (χ1v) is 9.48. The molecule has 146 valence electrons. The maximum Gasteiger partial charge on any atom is 0.215 e. The average molecular weight is 390 g/mol. The molecule has 0 saturated heterocycles. The molecule has 29 heavy (non-hydrogen) atoms. The van der Waals surface area contributed by atoms with Gasteiger partial charge in [0.1, 0.15) is 17.3 Å². The molecule has 5 heteroatoms. The minimum absolute atomic E-state index is 0.0871. The number of nitrogens with zero attached hydrogens (tertiary/aromatic N) is 2. The molecule has 4 aromatic rings. The minimum atomic E-state index is -0.641. The second kappa shape index (κ2) is 7.59. The van der Waals surface area contributed by atoms with Crippen molar-refractivity contribution in [3.8, 4) is 11.3 Å². The second-order valence-electron chi connectivity index (χ2n) is 7.37. The maximum absolute atomic E-state index is 14.2. The molecule has 0 aliphatic carbocycles. The molecular formula is C24H20F2N2O. The van der Waals surface area contributed by atoms with Gasteiger partial charge in [0.2, 0.25) is 5.43 Å². The van der Waals surface area contributed by atoms with Gasteiger partial charge in [-0.15, -0.1) is 0 Å². The van der Waals surface area contributed by atoms with Crippen LogP contribution >= 0.6 is 0 Å². The van der Waals surface area contributed by atoms with Crippen molar-refractivity contribution in [3.63, 3.8) is 0 Å². The third kappa shape index (κ3) is 3.68. The fourth-order valence-electron chi connectivity index (χ4n) is 3.40. The molecule has 0 bridgehead atoms. The van der Waals surface area contributed by atoms with Crippen LogP contribution in [0.3, 0.4) is 0 Å². The van der Waals surface area contributed by atoms with Crippen molar-refractivity contribution in [2.75, 3.05) is 0 Å². The van der Waals surface area contributed by atoms with E-state index in [0.29, 0.717) is 28.1 Å². The van der Waals surface area contributed by atoms with E-state index in [1.165, 1.54) is 12.1 Å². The van der Waals surface area contributed by atoms with Crippen molar-refractivity contribution in [1.82, 2.24) is 9.78 Å². The Bertz CT molecular complexity index is 1260. The Kier molecular flexibility index (Phi) is 4.97. The normalized spacial score (nSPS) is 11.3. The number of rotatable bonds is 4. The van der Waals surface area contributed by atoms with Crippen molar-refractivity contribution >= 4 is 10.9 Å². The summed E-state index contributed by atoms with van der Waals surface area (Å²) in [5, 5.41) is 5.08. The highest BCUT2D eigenvalue weighted by molar-refractivity contribution is 5.82. The molecule has 3 aromatic carbocycles. The summed E-state index contributed by atoms with van der Waals surface area (Å²) in [6.07, 6.45) is 0. The fourth-order valence-corrected chi connectivity index (χ4v) is 3.40. The summed E-state index contributed by atoms with van der Waals surface area (Å²) in [6, 6.07) is 18.3. The molecule has 0 spiro atoms. The van der Waals surface area contributed by atoms with Crippen LogP contribution in [-0.2, 0) is 6.54 Å².